The van der Waals surface area contributed by atoms with Crippen LogP contribution in [0.2, 0.25) is 0 Å². The number of non-ortho nitro benzene ring substituents is 1. The fraction of sp³-hybridized carbons (Fsp3) is 0.333. The van der Waals surface area contributed by atoms with Crippen LogP contribution in [0.3, 0.4) is 0 Å². The predicted octanol–water partition coefficient (Wildman–Crippen LogP) is 2.17. The first-order valence-electron chi connectivity index (χ1n) is 6.75. The van der Waals surface area contributed by atoms with E-state index in [-0.39, 0.29) is 11.3 Å². The van der Waals surface area contributed by atoms with E-state index in [0.717, 1.165) is 17.9 Å². The summed E-state index contributed by atoms with van der Waals surface area (Å²) in [5, 5.41) is 20.2. The van der Waals surface area contributed by atoms with Crippen LogP contribution < -0.4 is 0 Å². The van der Waals surface area contributed by atoms with Crippen LogP contribution in [0.25, 0.3) is 5.69 Å². The van der Waals surface area contributed by atoms with E-state index in [2.05, 4.69) is 26.1 Å². The Bertz CT molecular complexity index is 765. The highest BCUT2D eigenvalue weighted by atomic mass is 16.6. The molecule has 2 rings (SSSR count). The summed E-state index contributed by atoms with van der Waals surface area (Å²) in [5.41, 5.74) is 2.64. The maximum absolute atomic E-state index is 10.9. The van der Waals surface area contributed by atoms with Crippen molar-refractivity contribution in [3.63, 3.8) is 0 Å². The number of hydrogen-bond donors (Lipinski definition) is 0. The Balaban J connectivity index is 2.58. The van der Waals surface area contributed by atoms with Crippen LogP contribution >= 0.6 is 0 Å². The molecule has 2 aromatic rings. The molecule has 1 heterocycles. The van der Waals surface area contributed by atoms with Gasteiger partial charge in [0.15, 0.2) is 0 Å². The van der Waals surface area contributed by atoms with Gasteiger partial charge in [0.05, 0.1) is 49.3 Å². The van der Waals surface area contributed by atoms with Crippen LogP contribution in [0.1, 0.15) is 17.0 Å². The average molecular weight is 300 g/mol. The fourth-order valence-corrected chi connectivity index (χ4v) is 2.25. The summed E-state index contributed by atoms with van der Waals surface area (Å²) < 4.78 is 2.54. The second-order valence-electron chi connectivity index (χ2n) is 6.17. The molecular formula is C15H18N5O2+. The van der Waals surface area contributed by atoms with Crippen molar-refractivity contribution < 1.29 is 9.41 Å². The first-order valence-corrected chi connectivity index (χ1v) is 6.75. The lowest BCUT2D eigenvalue weighted by molar-refractivity contribution is -0.884. The van der Waals surface area contributed by atoms with Crippen molar-refractivity contribution in [2.45, 2.75) is 13.5 Å². The van der Waals surface area contributed by atoms with Gasteiger partial charge in [-0.05, 0) is 13.0 Å². The first-order chi connectivity index (χ1) is 10.2. The Kier molecular flexibility index (Phi) is 3.97. The Hall–Kier alpha value is -2.72. The van der Waals surface area contributed by atoms with Crippen molar-refractivity contribution in [2.75, 3.05) is 21.1 Å². The first kappa shape index (κ1) is 15.7. The second kappa shape index (κ2) is 5.58. The van der Waals surface area contributed by atoms with Gasteiger partial charge in [0.1, 0.15) is 18.3 Å². The van der Waals surface area contributed by atoms with Crippen molar-refractivity contribution in [3.05, 3.63) is 51.6 Å². The molecule has 0 amide bonds. The molecule has 0 unspecified atom stereocenters. The van der Waals surface area contributed by atoms with Gasteiger partial charge in [-0.3, -0.25) is 14.7 Å². The van der Waals surface area contributed by atoms with Gasteiger partial charge in [0.2, 0.25) is 0 Å². The topological polar surface area (TPSA) is 84.8 Å². The van der Waals surface area contributed by atoms with Gasteiger partial charge < -0.3 is 4.48 Å². The summed E-state index contributed by atoms with van der Waals surface area (Å²) in [6.07, 6.45) is 1.66. The number of nitro groups is 1. The van der Waals surface area contributed by atoms with Gasteiger partial charge >= 0.3 is 0 Å². The fourth-order valence-electron chi connectivity index (χ4n) is 2.25. The second-order valence-corrected chi connectivity index (χ2v) is 6.17. The molecule has 22 heavy (non-hydrogen) atoms. The average Bonchev–Trinajstić information content (AvgIpc) is 2.77. The van der Waals surface area contributed by atoms with Crippen LogP contribution in [-0.4, -0.2) is 40.1 Å². The number of nitriles is 1. The number of benzene rings is 1. The lowest BCUT2D eigenvalue weighted by Crippen LogP contribution is -2.34. The maximum Gasteiger partial charge on any atom is 0.270 e. The van der Waals surface area contributed by atoms with Gasteiger partial charge in [-0.25, -0.2) is 4.98 Å². The Morgan fingerprint density at radius 2 is 2.09 bits per heavy atom. The molecule has 1 aromatic carbocycles. The van der Waals surface area contributed by atoms with Gasteiger partial charge in [-0.1, -0.05) is 0 Å². The molecule has 0 aliphatic carbocycles. The Labute approximate surface area is 128 Å². The zero-order valence-corrected chi connectivity index (χ0v) is 13.1. The van der Waals surface area contributed by atoms with Gasteiger partial charge in [-0.2, -0.15) is 5.26 Å². The zero-order chi connectivity index (χ0) is 16.5. The van der Waals surface area contributed by atoms with Crippen LogP contribution in [0.5, 0.6) is 0 Å². The number of quaternary nitrogens is 1. The number of nitro benzene ring substituents is 1. The molecule has 0 aliphatic rings. The van der Waals surface area contributed by atoms with E-state index < -0.39 is 4.92 Å². The predicted molar refractivity (Wildman–Crippen MR) is 81.4 cm³/mol. The van der Waals surface area contributed by atoms with Crippen LogP contribution in [0.15, 0.2) is 24.5 Å². The maximum atomic E-state index is 10.9. The normalized spacial score (nSPS) is 11.2. The Morgan fingerprint density at radius 1 is 1.41 bits per heavy atom. The van der Waals surface area contributed by atoms with Gasteiger partial charge in [0, 0.05) is 12.1 Å². The highest BCUT2D eigenvalue weighted by molar-refractivity contribution is 5.55. The van der Waals surface area contributed by atoms with E-state index in [1.54, 1.807) is 12.4 Å². The van der Waals surface area contributed by atoms with Crippen LogP contribution in [0, 0.1) is 28.4 Å². The highest BCUT2D eigenvalue weighted by Gasteiger charge is 2.20. The van der Waals surface area contributed by atoms with E-state index in [0.29, 0.717) is 10.2 Å². The van der Waals surface area contributed by atoms with Crippen LogP contribution in [-0.2, 0) is 6.54 Å². The lowest BCUT2D eigenvalue weighted by Gasteiger charge is -2.25. The molecule has 7 nitrogen and oxygen atoms in total. The number of imidazole rings is 1. The summed E-state index contributed by atoms with van der Waals surface area (Å²) in [7, 11) is 6.20. The van der Waals surface area contributed by atoms with Gasteiger partial charge in [0.25, 0.3) is 5.69 Å². The number of hydrogen-bond acceptors (Lipinski definition) is 4. The number of nitrogens with zero attached hydrogens (tertiary/aromatic N) is 5. The molecule has 0 saturated carbocycles. The quantitative estimate of drug-likeness (QED) is 0.492. The zero-order valence-electron chi connectivity index (χ0n) is 13.1. The number of aryl methyl sites for hydroxylation is 1. The highest BCUT2D eigenvalue weighted by Crippen LogP contribution is 2.24. The molecular weight excluding hydrogens is 282 g/mol. The molecule has 0 radical (unpaired) electrons. The van der Waals surface area contributed by atoms with E-state index in [4.69, 9.17) is 0 Å². The third-order valence-corrected chi connectivity index (χ3v) is 3.27. The number of aromatic nitrogens is 2. The largest absolute Gasteiger partial charge is 0.326 e. The molecule has 0 fully saturated rings. The molecule has 0 N–H and O–H groups in total. The molecule has 0 saturated heterocycles. The molecule has 1 aromatic heterocycles. The lowest BCUT2D eigenvalue weighted by atomic mass is 10.1. The van der Waals surface area contributed by atoms with E-state index >= 15 is 0 Å². The number of rotatable bonds is 4. The molecule has 114 valence electrons. The standard InChI is InChI=1S/C15H18N5O2/c1-11-15(9-20(2,3)4)18(10-17-11)14-6-5-13(19(21)22)7-12(14)8-16/h5-7,10H,9H2,1-4H3/q+1. The van der Waals surface area contributed by atoms with Crippen molar-refractivity contribution in [2.24, 2.45) is 0 Å². The summed E-state index contributed by atoms with van der Waals surface area (Å²) in [6.45, 7) is 2.65. The van der Waals surface area contributed by atoms with Crippen molar-refractivity contribution >= 4 is 5.69 Å². The molecule has 0 aliphatic heterocycles. The molecule has 7 heteroatoms. The third-order valence-electron chi connectivity index (χ3n) is 3.27. The summed E-state index contributed by atoms with van der Waals surface area (Å²) in [4.78, 5) is 14.7. The summed E-state index contributed by atoms with van der Waals surface area (Å²) >= 11 is 0. The van der Waals surface area contributed by atoms with Crippen molar-refractivity contribution in [3.8, 4) is 11.8 Å². The Morgan fingerprint density at radius 3 is 2.64 bits per heavy atom. The third kappa shape index (κ3) is 3.13. The smallest absolute Gasteiger partial charge is 0.270 e. The van der Waals surface area contributed by atoms with Crippen molar-refractivity contribution in [1.29, 1.82) is 5.26 Å². The monoisotopic (exact) mass is 300 g/mol. The summed E-state index contributed by atoms with van der Waals surface area (Å²) in [6, 6.07) is 6.32. The van der Waals surface area contributed by atoms with Crippen LogP contribution in [0.4, 0.5) is 5.69 Å². The minimum absolute atomic E-state index is 0.0923. The molecule has 0 spiro atoms. The SMILES string of the molecule is Cc1ncn(-c2ccc([N+](=O)[O-])cc2C#N)c1C[N+](C)(C)C. The van der Waals surface area contributed by atoms with Crippen molar-refractivity contribution in [1.82, 2.24) is 9.55 Å². The van der Waals surface area contributed by atoms with E-state index in [9.17, 15) is 15.4 Å². The van der Waals surface area contributed by atoms with E-state index in [1.165, 1.54) is 12.1 Å². The van der Waals surface area contributed by atoms with E-state index in [1.807, 2.05) is 17.6 Å². The minimum Gasteiger partial charge on any atom is -0.326 e. The minimum atomic E-state index is -0.503. The van der Waals surface area contributed by atoms with Gasteiger partial charge in [-0.15, -0.1) is 0 Å². The molecule has 0 bridgehead atoms. The summed E-state index contributed by atoms with van der Waals surface area (Å²) in [5.74, 6) is 0. The molecule has 0 atom stereocenters.